The molecule has 0 aromatic rings. The first-order valence-corrected chi connectivity index (χ1v) is 3.29. The minimum atomic E-state index is -0.0870. The lowest BCUT2D eigenvalue weighted by molar-refractivity contribution is 0.151. The van der Waals surface area contributed by atoms with Crippen LogP contribution in [0.25, 0.3) is 0 Å². The first-order valence-electron chi connectivity index (χ1n) is 3.29. The average molecular weight is 139 g/mol. The van der Waals surface area contributed by atoms with Gasteiger partial charge in [-0.05, 0) is 6.42 Å². The summed E-state index contributed by atoms with van der Waals surface area (Å²) in [7, 11) is 1.60. The molecule has 0 fully saturated rings. The Kier molecular flexibility index (Phi) is 4.61. The maximum atomic E-state index is 7.38. The van der Waals surface area contributed by atoms with Crippen molar-refractivity contribution in [3.63, 3.8) is 0 Å². The Bertz CT molecular complexity index is 142. The number of hydrogen-bond donors (Lipinski definition) is 1. The molecule has 0 rings (SSSR count). The number of nitrogens with one attached hydrogen (secondary N) is 1. The highest BCUT2D eigenvalue weighted by atomic mass is 16.5. The van der Waals surface area contributed by atoms with Gasteiger partial charge in [-0.1, -0.05) is 6.92 Å². The van der Waals surface area contributed by atoms with Gasteiger partial charge in [0.2, 0.25) is 0 Å². The molecule has 1 N–H and O–H groups in total. The van der Waals surface area contributed by atoms with Crippen molar-refractivity contribution in [1.29, 1.82) is 5.41 Å². The van der Waals surface area contributed by atoms with Crippen LogP contribution in [-0.4, -0.2) is 18.9 Å². The fourth-order valence-electron chi connectivity index (χ4n) is 0.779. The zero-order valence-corrected chi connectivity index (χ0v) is 6.48. The third-order valence-corrected chi connectivity index (χ3v) is 1.34. The third kappa shape index (κ3) is 2.65. The molecule has 2 nitrogen and oxygen atoms in total. The van der Waals surface area contributed by atoms with Gasteiger partial charge in [-0.25, -0.2) is 0 Å². The van der Waals surface area contributed by atoms with Gasteiger partial charge in [-0.15, -0.1) is 12.3 Å². The molecule has 2 heteroatoms. The Balaban J connectivity index is 3.79. The number of ether oxygens (including phenoxy) is 1. The molecular weight excluding hydrogens is 126 g/mol. The largest absolute Gasteiger partial charge is 0.376 e. The molecule has 0 aromatic heterocycles. The molecule has 0 spiro atoms. The van der Waals surface area contributed by atoms with E-state index < -0.39 is 0 Å². The van der Waals surface area contributed by atoms with Crippen LogP contribution in [-0.2, 0) is 4.74 Å². The minimum Gasteiger partial charge on any atom is -0.376 e. The summed E-state index contributed by atoms with van der Waals surface area (Å²) in [5.41, 5.74) is 0.493. The lowest BCUT2D eigenvalue weighted by atomic mass is 10.1. The molecule has 0 bridgehead atoms. The quantitative estimate of drug-likeness (QED) is 0.464. The van der Waals surface area contributed by atoms with Gasteiger partial charge in [0, 0.05) is 19.2 Å². The van der Waals surface area contributed by atoms with Gasteiger partial charge in [-0.2, -0.15) is 0 Å². The van der Waals surface area contributed by atoms with Gasteiger partial charge in [-0.3, -0.25) is 0 Å². The molecule has 10 heavy (non-hydrogen) atoms. The van der Waals surface area contributed by atoms with Gasteiger partial charge in [0.15, 0.2) is 0 Å². The van der Waals surface area contributed by atoms with Crippen LogP contribution < -0.4 is 0 Å². The highest BCUT2D eigenvalue weighted by Crippen LogP contribution is 2.00. The van der Waals surface area contributed by atoms with Crippen LogP contribution in [0.3, 0.4) is 0 Å². The lowest BCUT2D eigenvalue weighted by Gasteiger charge is -2.11. The Hall–Kier alpha value is -0.810. The van der Waals surface area contributed by atoms with Gasteiger partial charge < -0.3 is 10.1 Å². The van der Waals surface area contributed by atoms with Crippen LogP contribution >= 0.6 is 0 Å². The molecule has 0 saturated carbocycles. The summed E-state index contributed by atoms with van der Waals surface area (Å²) < 4.78 is 4.99. The lowest BCUT2D eigenvalue weighted by Crippen LogP contribution is -2.20. The normalized spacial score (nSPS) is 12.1. The van der Waals surface area contributed by atoms with Crippen molar-refractivity contribution < 1.29 is 4.74 Å². The fourth-order valence-corrected chi connectivity index (χ4v) is 0.779. The van der Waals surface area contributed by atoms with Crippen LogP contribution in [0.5, 0.6) is 0 Å². The molecule has 1 atom stereocenters. The Morgan fingerprint density at radius 2 is 2.40 bits per heavy atom. The van der Waals surface area contributed by atoms with E-state index in [0.717, 1.165) is 6.42 Å². The van der Waals surface area contributed by atoms with Crippen LogP contribution in [0.2, 0.25) is 0 Å². The van der Waals surface area contributed by atoms with Crippen molar-refractivity contribution in [2.24, 2.45) is 0 Å². The van der Waals surface area contributed by atoms with Gasteiger partial charge in [0.25, 0.3) is 0 Å². The first-order chi connectivity index (χ1) is 4.76. The standard InChI is InChI=1S/C8H13NO/c1-4-6-7(9)8(5-2)10-3/h1,8-9H,5-6H2,2-3H3. The maximum Gasteiger partial charge on any atom is 0.0952 e. The van der Waals surface area contributed by atoms with Gasteiger partial charge in [0.05, 0.1) is 6.10 Å². The monoisotopic (exact) mass is 139 g/mol. The molecular formula is C8H13NO. The second-order valence-electron chi connectivity index (χ2n) is 2.04. The smallest absolute Gasteiger partial charge is 0.0952 e. The molecule has 56 valence electrons. The highest BCUT2D eigenvalue weighted by Gasteiger charge is 2.08. The zero-order chi connectivity index (χ0) is 7.98. The molecule has 0 heterocycles. The second kappa shape index (κ2) is 5.01. The Morgan fingerprint density at radius 3 is 2.70 bits per heavy atom. The molecule has 0 aliphatic heterocycles. The zero-order valence-electron chi connectivity index (χ0n) is 6.48. The SMILES string of the molecule is C#CCC(=N)C(CC)OC. The average Bonchev–Trinajstić information content (AvgIpc) is 1.91. The van der Waals surface area contributed by atoms with E-state index in [9.17, 15) is 0 Å². The highest BCUT2D eigenvalue weighted by molar-refractivity contribution is 5.87. The summed E-state index contributed by atoms with van der Waals surface area (Å²) in [5.74, 6) is 2.41. The van der Waals surface area contributed by atoms with Crippen molar-refractivity contribution >= 4 is 5.71 Å². The predicted octanol–water partition coefficient (Wildman–Crippen LogP) is 1.45. The Labute approximate surface area is 62.1 Å². The van der Waals surface area contributed by atoms with E-state index in [1.807, 2.05) is 6.92 Å². The van der Waals surface area contributed by atoms with E-state index in [4.69, 9.17) is 16.6 Å². The summed E-state index contributed by atoms with van der Waals surface area (Å²) in [6, 6.07) is 0. The summed E-state index contributed by atoms with van der Waals surface area (Å²) in [5, 5.41) is 7.38. The number of terminal acetylenes is 1. The van der Waals surface area contributed by atoms with Crippen LogP contribution in [0.4, 0.5) is 0 Å². The molecule has 0 saturated heterocycles. The summed E-state index contributed by atoms with van der Waals surface area (Å²) in [6.45, 7) is 1.97. The summed E-state index contributed by atoms with van der Waals surface area (Å²) in [6.07, 6.45) is 6.15. The van der Waals surface area contributed by atoms with Crippen molar-refractivity contribution in [3.05, 3.63) is 0 Å². The van der Waals surface area contributed by atoms with Gasteiger partial charge >= 0.3 is 0 Å². The number of rotatable bonds is 4. The topological polar surface area (TPSA) is 33.1 Å². The van der Waals surface area contributed by atoms with Crippen LogP contribution in [0, 0.1) is 17.8 Å². The fraction of sp³-hybridized carbons (Fsp3) is 0.625. The molecule has 0 aromatic carbocycles. The van der Waals surface area contributed by atoms with E-state index in [-0.39, 0.29) is 6.10 Å². The Morgan fingerprint density at radius 1 is 1.80 bits per heavy atom. The van der Waals surface area contributed by atoms with Gasteiger partial charge in [0.1, 0.15) is 0 Å². The molecule has 0 aliphatic carbocycles. The summed E-state index contributed by atoms with van der Waals surface area (Å²) in [4.78, 5) is 0. The maximum absolute atomic E-state index is 7.38. The first kappa shape index (κ1) is 9.19. The number of methoxy groups -OCH3 is 1. The molecule has 1 unspecified atom stereocenters. The van der Waals surface area contributed by atoms with E-state index in [1.54, 1.807) is 7.11 Å². The molecule has 0 aliphatic rings. The van der Waals surface area contributed by atoms with Crippen molar-refractivity contribution in [2.45, 2.75) is 25.9 Å². The van der Waals surface area contributed by atoms with E-state index in [1.165, 1.54) is 0 Å². The number of hydrogen-bond acceptors (Lipinski definition) is 2. The van der Waals surface area contributed by atoms with E-state index >= 15 is 0 Å². The van der Waals surface area contributed by atoms with Crippen molar-refractivity contribution in [1.82, 2.24) is 0 Å². The van der Waals surface area contributed by atoms with E-state index in [0.29, 0.717) is 12.1 Å². The van der Waals surface area contributed by atoms with Crippen LogP contribution in [0.15, 0.2) is 0 Å². The third-order valence-electron chi connectivity index (χ3n) is 1.34. The van der Waals surface area contributed by atoms with Crippen LogP contribution in [0.1, 0.15) is 19.8 Å². The molecule has 0 radical (unpaired) electrons. The second-order valence-corrected chi connectivity index (χ2v) is 2.04. The van der Waals surface area contributed by atoms with Crippen molar-refractivity contribution in [2.75, 3.05) is 7.11 Å². The van der Waals surface area contributed by atoms with E-state index in [2.05, 4.69) is 5.92 Å². The minimum absolute atomic E-state index is 0.0870. The van der Waals surface area contributed by atoms with Crippen molar-refractivity contribution in [3.8, 4) is 12.3 Å². The molecule has 0 amide bonds. The summed E-state index contributed by atoms with van der Waals surface area (Å²) >= 11 is 0. The predicted molar refractivity (Wildman–Crippen MR) is 42.3 cm³/mol.